The number of carbonyl (C=O) groups is 1. The van der Waals surface area contributed by atoms with Crippen molar-refractivity contribution < 1.29 is 4.79 Å². The number of hydrogen-bond acceptors (Lipinski definition) is 2. The molecule has 2 unspecified atom stereocenters. The largest absolute Gasteiger partial charge is 0.338 e. The van der Waals surface area contributed by atoms with E-state index in [1.807, 2.05) is 0 Å². The van der Waals surface area contributed by atoms with Gasteiger partial charge in [-0.15, -0.1) is 0 Å². The molecule has 3 nitrogen and oxygen atoms in total. The van der Waals surface area contributed by atoms with E-state index in [4.69, 9.17) is 0 Å². The van der Waals surface area contributed by atoms with Gasteiger partial charge in [-0.2, -0.15) is 5.26 Å². The van der Waals surface area contributed by atoms with Crippen LogP contribution in [0.3, 0.4) is 0 Å². The summed E-state index contributed by atoms with van der Waals surface area (Å²) in [6, 6.07) is 2.36. The number of hydrogen-bond donors (Lipinski definition) is 1. The van der Waals surface area contributed by atoms with Gasteiger partial charge in [0.25, 0.3) is 0 Å². The number of fused-ring (bicyclic) bond motifs is 1. The van der Waals surface area contributed by atoms with Crippen LogP contribution in [-0.2, 0) is 4.79 Å². The molecule has 0 aromatic rings. The van der Waals surface area contributed by atoms with Gasteiger partial charge in [0, 0.05) is 5.92 Å². The number of carbonyl (C=O) groups excluding carboxylic acids is 1. The number of nitrogens with one attached hydrogen (secondary N) is 1. The van der Waals surface area contributed by atoms with Crippen LogP contribution in [0.2, 0.25) is 0 Å². The van der Waals surface area contributed by atoms with Gasteiger partial charge in [-0.1, -0.05) is 25.7 Å². The van der Waals surface area contributed by atoms with Gasteiger partial charge in [-0.25, -0.2) is 0 Å². The number of nitrogens with zero attached hydrogens (tertiary/aromatic N) is 1. The number of amides is 1. The molecule has 1 amide bonds. The minimum absolute atomic E-state index is 0.170. The van der Waals surface area contributed by atoms with Crippen molar-refractivity contribution in [1.29, 1.82) is 5.26 Å². The lowest BCUT2D eigenvalue weighted by Crippen LogP contribution is -2.49. The van der Waals surface area contributed by atoms with Crippen molar-refractivity contribution in [2.45, 2.75) is 56.9 Å². The van der Waals surface area contributed by atoms with Crippen molar-refractivity contribution in [3.8, 4) is 6.07 Å². The fraction of sp³-hybridized carbons (Fsp3) is 0.857. The van der Waals surface area contributed by atoms with E-state index in [1.54, 1.807) is 0 Å². The highest BCUT2D eigenvalue weighted by atomic mass is 16.2. The highest BCUT2D eigenvalue weighted by Crippen LogP contribution is 2.57. The molecular formula is C14H20N2O. The second-order valence-corrected chi connectivity index (χ2v) is 6.03. The van der Waals surface area contributed by atoms with Gasteiger partial charge in [0.2, 0.25) is 5.91 Å². The molecule has 2 atom stereocenters. The molecule has 1 N–H and O–H groups in total. The van der Waals surface area contributed by atoms with Crippen LogP contribution in [0.15, 0.2) is 0 Å². The summed E-state index contributed by atoms with van der Waals surface area (Å²) in [5.41, 5.74) is -0.535. The summed E-state index contributed by atoms with van der Waals surface area (Å²) in [4.78, 5) is 12.2. The molecule has 3 heteroatoms. The summed E-state index contributed by atoms with van der Waals surface area (Å²) in [6.07, 6.45) is 8.78. The minimum atomic E-state index is -0.535. The maximum Gasteiger partial charge on any atom is 0.224 e. The molecule has 0 bridgehead atoms. The van der Waals surface area contributed by atoms with Crippen molar-refractivity contribution in [1.82, 2.24) is 5.32 Å². The Morgan fingerprint density at radius 2 is 1.76 bits per heavy atom. The zero-order valence-corrected chi connectivity index (χ0v) is 10.2. The van der Waals surface area contributed by atoms with Crippen molar-refractivity contribution >= 4 is 5.91 Å². The quantitative estimate of drug-likeness (QED) is 0.794. The van der Waals surface area contributed by atoms with Crippen LogP contribution in [0.5, 0.6) is 0 Å². The normalized spacial score (nSPS) is 37.9. The summed E-state index contributed by atoms with van der Waals surface area (Å²) in [6.45, 7) is 0. The zero-order chi connectivity index (χ0) is 11.9. The first-order chi connectivity index (χ1) is 8.26. The second-order valence-electron chi connectivity index (χ2n) is 6.03. The first-order valence-electron chi connectivity index (χ1n) is 6.99. The maximum absolute atomic E-state index is 12.2. The third-order valence-corrected chi connectivity index (χ3v) is 4.99. The fourth-order valence-electron chi connectivity index (χ4n) is 3.95. The lowest BCUT2D eigenvalue weighted by molar-refractivity contribution is -0.124. The highest BCUT2D eigenvalue weighted by Gasteiger charge is 2.57. The molecule has 3 rings (SSSR count). The maximum atomic E-state index is 12.2. The molecule has 0 spiro atoms. The Bertz CT molecular complexity index is 355. The van der Waals surface area contributed by atoms with E-state index in [9.17, 15) is 10.1 Å². The Morgan fingerprint density at radius 1 is 1.12 bits per heavy atom. The Kier molecular flexibility index (Phi) is 2.61. The van der Waals surface area contributed by atoms with Crippen LogP contribution in [0.1, 0.15) is 51.4 Å². The van der Waals surface area contributed by atoms with E-state index in [0.717, 1.165) is 25.7 Å². The summed E-state index contributed by atoms with van der Waals surface area (Å²) < 4.78 is 0. The van der Waals surface area contributed by atoms with Crippen molar-refractivity contribution in [3.63, 3.8) is 0 Å². The van der Waals surface area contributed by atoms with Crippen molar-refractivity contribution in [3.05, 3.63) is 0 Å². The van der Waals surface area contributed by atoms with Gasteiger partial charge in [0.05, 0.1) is 6.07 Å². The van der Waals surface area contributed by atoms with Gasteiger partial charge in [0.1, 0.15) is 5.54 Å². The van der Waals surface area contributed by atoms with E-state index >= 15 is 0 Å². The summed E-state index contributed by atoms with van der Waals surface area (Å²) >= 11 is 0. The van der Waals surface area contributed by atoms with Crippen LogP contribution in [0.4, 0.5) is 0 Å². The average molecular weight is 232 g/mol. The smallest absolute Gasteiger partial charge is 0.224 e. The van der Waals surface area contributed by atoms with E-state index in [2.05, 4.69) is 11.4 Å². The molecule has 0 saturated heterocycles. The fourth-order valence-corrected chi connectivity index (χ4v) is 3.95. The minimum Gasteiger partial charge on any atom is -0.338 e. The van der Waals surface area contributed by atoms with E-state index < -0.39 is 5.54 Å². The highest BCUT2D eigenvalue weighted by molar-refractivity contribution is 5.83. The average Bonchev–Trinajstić information content (AvgIpc) is 2.85. The molecular weight excluding hydrogens is 212 g/mol. The third-order valence-electron chi connectivity index (χ3n) is 4.99. The molecule has 0 aliphatic heterocycles. The molecule has 0 aromatic carbocycles. The second kappa shape index (κ2) is 4.01. The van der Waals surface area contributed by atoms with Crippen LogP contribution >= 0.6 is 0 Å². The van der Waals surface area contributed by atoms with Gasteiger partial charge in [-0.3, -0.25) is 4.79 Å². The van der Waals surface area contributed by atoms with Gasteiger partial charge < -0.3 is 5.32 Å². The Morgan fingerprint density at radius 3 is 2.35 bits per heavy atom. The zero-order valence-electron chi connectivity index (χ0n) is 10.2. The summed E-state index contributed by atoms with van der Waals surface area (Å²) in [5.74, 6) is 1.71. The van der Waals surface area contributed by atoms with Crippen LogP contribution in [0.25, 0.3) is 0 Å². The topological polar surface area (TPSA) is 52.9 Å². The predicted octanol–water partition coefficient (Wildman–Crippen LogP) is 2.38. The first-order valence-corrected chi connectivity index (χ1v) is 6.99. The van der Waals surface area contributed by atoms with Crippen molar-refractivity contribution in [2.24, 2.45) is 17.8 Å². The van der Waals surface area contributed by atoms with Crippen LogP contribution in [-0.4, -0.2) is 11.4 Å². The van der Waals surface area contributed by atoms with Gasteiger partial charge in [-0.05, 0) is 37.5 Å². The third kappa shape index (κ3) is 1.84. The lowest BCUT2D eigenvalue weighted by atomic mass is 9.82. The van der Waals surface area contributed by atoms with E-state index in [0.29, 0.717) is 11.8 Å². The van der Waals surface area contributed by atoms with Crippen molar-refractivity contribution in [2.75, 3.05) is 0 Å². The molecule has 3 aliphatic carbocycles. The molecule has 3 fully saturated rings. The predicted molar refractivity (Wildman–Crippen MR) is 63.9 cm³/mol. The molecule has 92 valence electrons. The Balaban J connectivity index is 1.62. The molecule has 17 heavy (non-hydrogen) atoms. The van der Waals surface area contributed by atoms with E-state index in [1.165, 1.54) is 25.7 Å². The number of nitriles is 1. The summed E-state index contributed by atoms with van der Waals surface area (Å²) in [7, 11) is 0. The Hall–Kier alpha value is -1.04. The van der Waals surface area contributed by atoms with E-state index in [-0.39, 0.29) is 11.8 Å². The Labute approximate surface area is 103 Å². The molecule has 0 radical (unpaired) electrons. The summed E-state index contributed by atoms with van der Waals surface area (Å²) in [5, 5.41) is 12.4. The molecule has 3 aliphatic rings. The SMILES string of the molecule is N#CC1(NC(=O)C2C3CCCC32)CCCCC1. The monoisotopic (exact) mass is 232 g/mol. The van der Waals surface area contributed by atoms with Gasteiger partial charge >= 0.3 is 0 Å². The van der Waals surface area contributed by atoms with Crippen LogP contribution in [0, 0.1) is 29.1 Å². The molecule has 0 heterocycles. The number of rotatable bonds is 2. The standard InChI is InChI=1S/C14H20N2O/c15-9-14(7-2-1-3-8-14)16-13(17)12-10-5-4-6-11(10)12/h10-12H,1-8H2,(H,16,17). The van der Waals surface area contributed by atoms with Gasteiger partial charge in [0.15, 0.2) is 0 Å². The molecule has 3 saturated carbocycles. The lowest BCUT2D eigenvalue weighted by Gasteiger charge is -2.31. The van der Waals surface area contributed by atoms with Crippen LogP contribution < -0.4 is 5.32 Å². The molecule has 0 aromatic heterocycles. The first kappa shape index (κ1) is 11.1.